The van der Waals surface area contributed by atoms with Gasteiger partial charge in [-0.2, -0.15) is 0 Å². The van der Waals surface area contributed by atoms with Crippen molar-refractivity contribution in [2.45, 2.75) is 9.79 Å². The first kappa shape index (κ1) is 18.2. The second kappa shape index (κ2) is 7.14. The Bertz CT molecular complexity index is 832. The topological polar surface area (TPSA) is 106 Å². The van der Waals surface area contributed by atoms with Crippen LogP contribution < -0.4 is 0 Å². The molecule has 24 heavy (non-hydrogen) atoms. The zero-order chi connectivity index (χ0) is 17.8. The van der Waals surface area contributed by atoms with E-state index in [0.717, 1.165) is 0 Å². The van der Waals surface area contributed by atoms with Crippen LogP contribution in [-0.2, 0) is 24.5 Å². The summed E-state index contributed by atoms with van der Waals surface area (Å²) in [4.78, 5) is 11.3. The Morgan fingerprint density at radius 3 is 1.38 bits per heavy atom. The number of rotatable bonds is 7. The van der Waals surface area contributed by atoms with Crippen molar-refractivity contribution in [1.29, 1.82) is 0 Å². The average molecular weight is 368 g/mol. The number of benzene rings is 2. The maximum Gasteiger partial charge on any atom is 0.308 e. The molecule has 0 spiro atoms. The molecule has 0 heterocycles. The predicted molar refractivity (Wildman–Crippen MR) is 88.1 cm³/mol. The summed E-state index contributed by atoms with van der Waals surface area (Å²) in [5.74, 6) is -4.58. The Kier molecular flexibility index (Phi) is 5.40. The lowest BCUT2D eigenvalue weighted by atomic mass is 10.2. The van der Waals surface area contributed by atoms with Crippen molar-refractivity contribution < 1.29 is 26.7 Å². The van der Waals surface area contributed by atoms with Gasteiger partial charge in [0.15, 0.2) is 19.7 Å². The summed E-state index contributed by atoms with van der Waals surface area (Å²) in [7, 11) is -7.81. The van der Waals surface area contributed by atoms with E-state index in [0.29, 0.717) is 0 Å². The molecule has 0 bridgehead atoms. The maximum absolute atomic E-state index is 12.3. The van der Waals surface area contributed by atoms with Crippen molar-refractivity contribution in [1.82, 2.24) is 0 Å². The van der Waals surface area contributed by atoms with Gasteiger partial charge in [0.1, 0.15) is 0 Å². The largest absolute Gasteiger partial charge is 0.481 e. The van der Waals surface area contributed by atoms with Crippen LogP contribution in [0.5, 0.6) is 0 Å². The number of carbonyl (C=O) groups is 1. The van der Waals surface area contributed by atoms with E-state index in [-0.39, 0.29) is 9.79 Å². The summed E-state index contributed by atoms with van der Waals surface area (Å²) < 4.78 is 49.2. The van der Waals surface area contributed by atoms with Crippen LogP contribution in [0.25, 0.3) is 0 Å². The standard InChI is InChI=1S/C16H16O6S2/c17-16(18)13(11-23(19,20)14-7-3-1-4-8-14)12-24(21,22)15-9-5-2-6-10-15/h1-10,13H,11-12H2,(H,17,18). The van der Waals surface area contributed by atoms with E-state index in [1.807, 2.05) is 0 Å². The van der Waals surface area contributed by atoms with Crippen LogP contribution in [0.2, 0.25) is 0 Å². The van der Waals surface area contributed by atoms with Gasteiger partial charge in [0.25, 0.3) is 0 Å². The van der Waals surface area contributed by atoms with Gasteiger partial charge < -0.3 is 5.11 Å². The van der Waals surface area contributed by atoms with E-state index >= 15 is 0 Å². The molecule has 0 aliphatic carbocycles. The third-order valence-corrected chi connectivity index (χ3v) is 7.06. The fourth-order valence-corrected chi connectivity index (χ4v) is 5.43. The van der Waals surface area contributed by atoms with Crippen molar-refractivity contribution in [3.05, 3.63) is 60.7 Å². The number of carboxylic acid groups (broad SMARTS) is 1. The summed E-state index contributed by atoms with van der Waals surface area (Å²) in [5.41, 5.74) is 0. The third-order valence-electron chi connectivity index (χ3n) is 3.40. The normalized spacial score (nSPS) is 12.2. The number of hydrogen-bond donors (Lipinski definition) is 1. The SMILES string of the molecule is O=C(O)C(CS(=O)(=O)c1ccccc1)CS(=O)(=O)c1ccccc1. The molecule has 128 valence electrons. The van der Waals surface area contributed by atoms with Crippen LogP contribution in [0.1, 0.15) is 0 Å². The summed E-state index contributed by atoms with van der Waals surface area (Å²) in [5, 5.41) is 9.26. The molecule has 2 rings (SSSR count). The van der Waals surface area contributed by atoms with Crippen molar-refractivity contribution in [3.8, 4) is 0 Å². The van der Waals surface area contributed by atoms with Crippen molar-refractivity contribution in [2.24, 2.45) is 5.92 Å². The number of carboxylic acids is 1. The summed E-state index contributed by atoms with van der Waals surface area (Å²) in [6.45, 7) is 0. The van der Waals surface area contributed by atoms with Crippen LogP contribution in [0, 0.1) is 5.92 Å². The Morgan fingerprint density at radius 1 is 0.750 bits per heavy atom. The zero-order valence-electron chi connectivity index (χ0n) is 12.6. The van der Waals surface area contributed by atoms with Crippen molar-refractivity contribution >= 4 is 25.6 Å². The first-order valence-corrected chi connectivity index (χ1v) is 10.3. The second-order valence-corrected chi connectivity index (χ2v) is 9.29. The average Bonchev–Trinajstić information content (AvgIpc) is 2.55. The fourth-order valence-electron chi connectivity index (χ4n) is 2.17. The highest BCUT2D eigenvalue weighted by atomic mass is 32.2. The van der Waals surface area contributed by atoms with Gasteiger partial charge >= 0.3 is 5.97 Å². The molecule has 0 atom stereocenters. The highest BCUT2D eigenvalue weighted by molar-refractivity contribution is 7.92. The van der Waals surface area contributed by atoms with E-state index < -0.39 is 43.1 Å². The lowest BCUT2D eigenvalue weighted by Gasteiger charge is -2.13. The van der Waals surface area contributed by atoms with Gasteiger partial charge in [0.05, 0.1) is 27.2 Å². The summed E-state index contributed by atoms with van der Waals surface area (Å²) in [6.07, 6.45) is 0. The lowest BCUT2D eigenvalue weighted by Crippen LogP contribution is -2.30. The molecule has 0 aliphatic rings. The maximum atomic E-state index is 12.3. The molecule has 0 aromatic heterocycles. The Hall–Kier alpha value is -2.19. The Morgan fingerprint density at radius 2 is 1.08 bits per heavy atom. The second-order valence-electron chi connectivity index (χ2n) is 5.22. The van der Waals surface area contributed by atoms with E-state index in [1.54, 1.807) is 12.1 Å². The minimum Gasteiger partial charge on any atom is -0.481 e. The molecule has 0 amide bonds. The number of aliphatic carboxylic acids is 1. The van der Waals surface area contributed by atoms with Crippen LogP contribution >= 0.6 is 0 Å². The highest BCUT2D eigenvalue weighted by Gasteiger charge is 2.31. The van der Waals surface area contributed by atoms with E-state index in [4.69, 9.17) is 0 Å². The third kappa shape index (κ3) is 4.42. The molecule has 0 radical (unpaired) electrons. The van der Waals surface area contributed by atoms with Gasteiger partial charge in [0.2, 0.25) is 0 Å². The first-order chi connectivity index (χ1) is 11.2. The molecule has 0 unspecified atom stereocenters. The van der Waals surface area contributed by atoms with E-state index in [9.17, 15) is 26.7 Å². The molecule has 2 aromatic rings. The quantitative estimate of drug-likeness (QED) is 0.796. The fraction of sp³-hybridized carbons (Fsp3) is 0.188. The highest BCUT2D eigenvalue weighted by Crippen LogP contribution is 2.19. The van der Waals surface area contributed by atoms with Gasteiger partial charge in [-0.1, -0.05) is 36.4 Å². The van der Waals surface area contributed by atoms with Gasteiger partial charge in [-0.15, -0.1) is 0 Å². The smallest absolute Gasteiger partial charge is 0.308 e. The van der Waals surface area contributed by atoms with Gasteiger partial charge in [0, 0.05) is 0 Å². The molecule has 8 heteroatoms. The van der Waals surface area contributed by atoms with Gasteiger partial charge in [-0.3, -0.25) is 4.79 Å². The van der Waals surface area contributed by atoms with E-state index in [1.165, 1.54) is 48.5 Å². The minimum absolute atomic E-state index is 0.0339. The molecule has 6 nitrogen and oxygen atoms in total. The molecule has 0 saturated heterocycles. The van der Waals surface area contributed by atoms with Crippen molar-refractivity contribution in [3.63, 3.8) is 0 Å². The van der Waals surface area contributed by atoms with Crippen LogP contribution in [-0.4, -0.2) is 39.4 Å². The first-order valence-electron chi connectivity index (χ1n) is 7.01. The molecule has 0 fully saturated rings. The number of hydrogen-bond acceptors (Lipinski definition) is 5. The lowest BCUT2D eigenvalue weighted by molar-refractivity contribution is -0.140. The predicted octanol–water partition coefficient (Wildman–Crippen LogP) is 1.64. The van der Waals surface area contributed by atoms with Gasteiger partial charge in [-0.25, -0.2) is 16.8 Å². The molecule has 1 N–H and O–H groups in total. The molecule has 2 aromatic carbocycles. The van der Waals surface area contributed by atoms with Crippen LogP contribution in [0.4, 0.5) is 0 Å². The Labute approximate surface area is 140 Å². The van der Waals surface area contributed by atoms with Crippen molar-refractivity contribution in [2.75, 3.05) is 11.5 Å². The monoisotopic (exact) mass is 368 g/mol. The molecule has 0 aliphatic heterocycles. The molecular formula is C16H16O6S2. The number of sulfone groups is 2. The van der Waals surface area contributed by atoms with Crippen LogP contribution in [0.3, 0.4) is 0 Å². The molecular weight excluding hydrogens is 352 g/mol. The molecule has 0 saturated carbocycles. The summed E-state index contributed by atoms with van der Waals surface area (Å²) in [6, 6.07) is 14.7. The summed E-state index contributed by atoms with van der Waals surface area (Å²) >= 11 is 0. The van der Waals surface area contributed by atoms with E-state index in [2.05, 4.69) is 0 Å². The Balaban J connectivity index is 2.27. The zero-order valence-corrected chi connectivity index (χ0v) is 14.2. The minimum atomic E-state index is -3.90. The van der Waals surface area contributed by atoms with Crippen LogP contribution in [0.15, 0.2) is 70.5 Å². The van der Waals surface area contributed by atoms with Gasteiger partial charge in [-0.05, 0) is 24.3 Å².